The summed E-state index contributed by atoms with van der Waals surface area (Å²) >= 11 is 1.66. The molecule has 0 radical (unpaired) electrons. The van der Waals surface area contributed by atoms with Gasteiger partial charge in [0.1, 0.15) is 0 Å². The van der Waals surface area contributed by atoms with Crippen molar-refractivity contribution in [1.29, 1.82) is 0 Å². The SMILES string of the molecule is C1=NC2=c3scnc3=CN1C2. The lowest BCUT2D eigenvalue weighted by atomic mass is 10.3. The molecular formula is C7H5N3S. The molecule has 4 heteroatoms. The van der Waals surface area contributed by atoms with E-state index >= 15 is 0 Å². The zero-order valence-corrected chi connectivity index (χ0v) is 6.51. The van der Waals surface area contributed by atoms with Crippen molar-refractivity contribution in [2.24, 2.45) is 4.99 Å². The average molecular weight is 163 g/mol. The molecule has 2 aliphatic heterocycles. The second kappa shape index (κ2) is 1.71. The summed E-state index contributed by atoms with van der Waals surface area (Å²) in [6.45, 7) is 0.926. The summed E-state index contributed by atoms with van der Waals surface area (Å²) in [5.41, 5.74) is 3.02. The minimum Gasteiger partial charge on any atom is -0.331 e. The maximum atomic E-state index is 4.27. The van der Waals surface area contributed by atoms with E-state index in [1.54, 1.807) is 11.3 Å². The number of thiazole rings is 1. The molecule has 0 spiro atoms. The van der Waals surface area contributed by atoms with Crippen LogP contribution < -0.4 is 9.88 Å². The summed E-state index contributed by atoms with van der Waals surface area (Å²) in [5.74, 6) is 0. The Kier molecular flexibility index (Phi) is 0.851. The third kappa shape index (κ3) is 0.619. The van der Waals surface area contributed by atoms with Crippen molar-refractivity contribution in [3.05, 3.63) is 15.4 Å². The highest BCUT2D eigenvalue weighted by molar-refractivity contribution is 7.07. The fourth-order valence-corrected chi connectivity index (χ4v) is 2.08. The van der Waals surface area contributed by atoms with Crippen molar-refractivity contribution in [3.8, 4) is 0 Å². The number of aliphatic imine (C=N–C) groups is 1. The minimum absolute atomic E-state index is 0.926. The van der Waals surface area contributed by atoms with Gasteiger partial charge >= 0.3 is 0 Å². The van der Waals surface area contributed by atoms with Gasteiger partial charge in [0.25, 0.3) is 0 Å². The molecule has 54 valence electrons. The first-order valence-corrected chi connectivity index (χ1v) is 4.26. The van der Waals surface area contributed by atoms with Crippen molar-refractivity contribution in [2.75, 3.05) is 6.54 Å². The average Bonchev–Trinajstić information content (AvgIpc) is 2.58. The summed E-state index contributed by atoms with van der Waals surface area (Å²) in [7, 11) is 0. The molecular weight excluding hydrogens is 158 g/mol. The highest BCUT2D eigenvalue weighted by Gasteiger charge is 2.14. The molecule has 0 unspecified atom stereocenters. The van der Waals surface area contributed by atoms with E-state index in [2.05, 4.69) is 14.9 Å². The second-order valence-corrected chi connectivity index (χ2v) is 3.41. The summed E-state index contributed by atoms with van der Waals surface area (Å²) in [6, 6.07) is 0. The van der Waals surface area contributed by atoms with Crippen molar-refractivity contribution >= 4 is 29.6 Å². The zero-order valence-electron chi connectivity index (χ0n) is 5.69. The van der Waals surface area contributed by atoms with Crippen LogP contribution in [0.1, 0.15) is 0 Å². The van der Waals surface area contributed by atoms with Crippen LogP contribution in [0.3, 0.4) is 0 Å². The van der Waals surface area contributed by atoms with Crippen LogP contribution in [0.5, 0.6) is 0 Å². The summed E-state index contributed by atoms with van der Waals surface area (Å²) in [5, 5.41) is 1.06. The fourth-order valence-electron chi connectivity index (χ4n) is 1.33. The van der Waals surface area contributed by atoms with Crippen molar-refractivity contribution in [2.45, 2.75) is 0 Å². The van der Waals surface area contributed by atoms with Gasteiger partial charge in [0.2, 0.25) is 0 Å². The van der Waals surface area contributed by atoms with Crippen LogP contribution in [0.2, 0.25) is 0 Å². The summed E-state index contributed by atoms with van der Waals surface area (Å²) < 4.78 is 1.23. The molecule has 0 saturated carbocycles. The first-order valence-electron chi connectivity index (χ1n) is 3.38. The Bertz CT molecular complexity index is 442. The van der Waals surface area contributed by atoms with Crippen molar-refractivity contribution in [1.82, 2.24) is 9.88 Å². The first kappa shape index (κ1) is 5.49. The van der Waals surface area contributed by atoms with Gasteiger partial charge in [0.15, 0.2) is 0 Å². The molecule has 1 aromatic heterocycles. The van der Waals surface area contributed by atoms with Gasteiger partial charge in [-0.25, -0.2) is 9.98 Å². The smallest absolute Gasteiger partial charge is 0.0993 e. The fraction of sp³-hybridized carbons (Fsp3) is 0.143. The van der Waals surface area contributed by atoms with E-state index in [9.17, 15) is 0 Å². The number of nitrogens with zero attached hydrogens (tertiary/aromatic N) is 3. The van der Waals surface area contributed by atoms with E-state index in [-0.39, 0.29) is 0 Å². The second-order valence-electron chi connectivity index (χ2n) is 2.56. The van der Waals surface area contributed by atoms with Gasteiger partial charge in [-0.1, -0.05) is 0 Å². The molecule has 1 aromatic rings. The molecule has 0 fully saturated rings. The summed E-state index contributed by atoms with van der Waals surface area (Å²) in [4.78, 5) is 10.5. The maximum absolute atomic E-state index is 4.27. The molecule has 0 amide bonds. The molecule has 3 nitrogen and oxygen atoms in total. The van der Waals surface area contributed by atoms with Gasteiger partial charge in [-0.15, -0.1) is 11.3 Å². The van der Waals surface area contributed by atoms with Crippen molar-refractivity contribution in [3.63, 3.8) is 0 Å². The predicted octanol–water partition coefficient (Wildman–Crippen LogP) is -0.653. The number of hydrogen-bond acceptors (Lipinski definition) is 4. The van der Waals surface area contributed by atoms with Crippen LogP contribution in [-0.2, 0) is 0 Å². The van der Waals surface area contributed by atoms with E-state index in [1.807, 2.05) is 18.0 Å². The van der Waals surface area contributed by atoms with Gasteiger partial charge in [-0.3, -0.25) is 0 Å². The molecule has 3 rings (SSSR count). The quantitative estimate of drug-likeness (QED) is 0.508. The molecule has 0 saturated heterocycles. The highest BCUT2D eigenvalue weighted by Crippen LogP contribution is 2.09. The van der Waals surface area contributed by atoms with E-state index < -0.39 is 0 Å². The maximum Gasteiger partial charge on any atom is 0.0993 e. The van der Waals surface area contributed by atoms with E-state index in [0.29, 0.717) is 0 Å². The molecule has 3 heterocycles. The molecule has 11 heavy (non-hydrogen) atoms. The van der Waals surface area contributed by atoms with Crippen LogP contribution in [0.4, 0.5) is 0 Å². The van der Waals surface area contributed by atoms with Crippen LogP contribution in [0, 0.1) is 0 Å². The van der Waals surface area contributed by atoms with Gasteiger partial charge in [0, 0.05) is 6.20 Å². The number of rotatable bonds is 0. The number of fused-ring (bicyclic) bond motifs is 3. The molecule has 2 bridgehead atoms. The van der Waals surface area contributed by atoms with Gasteiger partial charge in [-0.05, 0) is 0 Å². The monoisotopic (exact) mass is 163 g/mol. The Morgan fingerprint density at radius 1 is 1.55 bits per heavy atom. The molecule has 0 atom stereocenters. The Morgan fingerprint density at radius 3 is 3.55 bits per heavy atom. The van der Waals surface area contributed by atoms with Crippen molar-refractivity contribution < 1.29 is 0 Å². The molecule has 0 aromatic carbocycles. The predicted molar refractivity (Wildman–Crippen MR) is 44.4 cm³/mol. The normalized spacial score (nSPS) is 18.5. The van der Waals surface area contributed by atoms with Gasteiger partial charge in [0.05, 0.1) is 34.0 Å². The number of aromatic nitrogens is 1. The Morgan fingerprint density at radius 2 is 2.55 bits per heavy atom. The zero-order chi connectivity index (χ0) is 7.26. The first-order chi connectivity index (χ1) is 5.43. The van der Waals surface area contributed by atoms with Gasteiger partial charge in [-0.2, -0.15) is 0 Å². The van der Waals surface area contributed by atoms with E-state index in [1.165, 1.54) is 4.53 Å². The van der Waals surface area contributed by atoms with E-state index in [0.717, 1.165) is 17.6 Å². The van der Waals surface area contributed by atoms with Crippen LogP contribution in [0.25, 0.3) is 11.9 Å². The van der Waals surface area contributed by atoms with Crippen LogP contribution >= 0.6 is 11.3 Å². The largest absolute Gasteiger partial charge is 0.331 e. The standard InChI is InChI=1S/C7H5N3S/c1-5-7-6(9-4-11-7)2-10(1)3-8-5/h2-4H,1H2. The van der Waals surface area contributed by atoms with Gasteiger partial charge < -0.3 is 4.90 Å². The highest BCUT2D eigenvalue weighted by atomic mass is 32.1. The lowest BCUT2D eigenvalue weighted by Crippen LogP contribution is -2.32. The van der Waals surface area contributed by atoms with Crippen LogP contribution in [-0.4, -0.2) is 22.8 Å². The summed E-state index contributed by atoms with van der Waals surface area (Å²) in [6.07, 6.45) is 3.88. The minimum atomic E-state index is 0.926. The topological polar surface area (TPSA) is 28.5 Å². The third-order valence-electron chi connectivity index (χ3n) is 1.84. The number of hydrogen-bond donors (Lipinski definition) is 0. The van der Waals surface area contributed by atoms with E-state index in [4.69, 9.17) is 0 Å². The molecule has 0 N–H and O–H groups in total. The van der Waals surface area contributed by atoms with Crippen LogP contribution in [0.15, 0.2) is 10.5 Å². The lowest BCUT2D eigenvalue weighted by Gasteiger charge is -2.07. The Balaban J connectivity index is 2.59. The molecule has 2 aliphatic rings. The molecule has 0 aliphatic carbocycles. The Labute approximate surface area is 67.0 Å². The lowest BCUT2D eigenvalue weighted by molar-refractivity contribution is 0.715. The Hall–Kier alpha value is -1.16. The third-order valence-corrected chi connectivity index (χ3v) is 2.73.